The SMILES string of the molecule is CCCCCCCCCCCC(=O)OCc1cn(CC(=O)O[C@H]2CC[C@]3(C)[C@H]4CC=C5[C@@H]6CC(C)(C)CC[C@]6(C(=O)O)CC[C@@]5(C)[C@]4(C)CC[C@H]3C2(C)C)nn1. The molecule has 1 N–H and O–H groups in total. The van der Waals surface area contributed by atoms with Crippen molar-refractivity contribution in [3.63, 3.8) is 0 Å². The van der Waals surface area contributed by atoms with Gasteiger partial charge in [-0.3, -0.25) is 14.4 Å². The van der Waals surface area contributed by atoms with Crippen LogP contribution < -0.4 is 0 Å². The molecule has 0 aliphatic heterocycles. The number of carbonyl (C=O) groups excluding carboxylic acids is 2. The largest absolute Gasteiger partial charge is 0.481 e. The van der Waals surface area contributed by atoms with Gasteiger partial charge in [0.25, 0.3) is 0 Å². The number of esters is 2. The number of ether oxygens (including phenoxy) is 2. The van der Waals surface area contributed by atoms with Crippen molar-refractivity contribution in [1.29, 1.82) is 0 Å². The first-order valence-corrected chi connectivity index (χ1v) is 22.6. The number of allylic oxidation sites excluding steroid dienone is 2. The van der Waals surface area contributed by atoms with Gasteiger partial charge in [0.1, 0.15) is 24.9 Å². The standard InChI is InChI=1S/C47H75N3O6/c1-9-10-11-12-13-14-15-16-17-18-39(51)55-32-33-30-50(49-48-33)31-40(52)56-38-22-23-44(6)36(43(38,4)5)21-24-46(8)37(44)20-19-34-35-29-42(2,3)25-27-47(35,41(53)54)28-26-45(34,46)7/h19,30,35-38H,9-18,20-29,31-32H2,1-8H3,(H,53,54)/t35-,36-,37+,38-,44-,45+,46+,47-/m0/s1. The van der Waals surface area contributed by atoms with Crippen molar-refractivity contribution in [2.75, 3.05) is 0 Å². The van der Waals surface area contributed by atoms with E-state index in [1.807, 2.05) is 0 Å². The van der Waals surface area contributed by atoms with Crippen LogP contribution in [0.2, 0.25) is 0 Å². The molecule has 314 valence electrons. The van der Waals surface area contributed by atoms with Crippen LogP contribution in [0.5, 0.6) is 0 Å². The molecule has 9 heteroatoms. The Kier molecular flexibility index (Phi) is 12.6. The number of carboxylic acid groups (broad SMARTS) is 1. The molecule has 5 aliphatic carbocycles. The Labute approximate surface area is 337 Å². The fraction of sp³-hybridized carbons (Fsp3) is 0.851. The van der Waals surface area contributed by atoms with Gasteiger partial charge < -0.3 is 14.6 Å². The first-order chi connectivity index (χ1) is 26.4. The number of carbonyl (C=O) groups is 3. The van der Waals surface area contributed by atoms with Crippen molar-refractivity contribution in [3.8, 4) is 0 Å². The monoisotopic (exact) mass is 778 g/mol. The second kappa shape index (κ2) is 16.5. The van der Waals surface area contributed by atoms with Crippen molar-refractivity contribution >= 4 is 17.9 Å². The summed E-state index contributed by atoms with van der Waals surface area (Å²) in [4.78, 5) is 38.8. The lowest BCUT2D eigenvalue weighted by Crippen LogP contribution is -2.65. The highest BCUT2D eigenvalue weighted by atomic mass is 16.5. The van der Waals surface area contributed by atoms with E-state index in [-0.39, 0.29) is 64.2 Å². The predicted octanol–water partition coefficient (Wildman–Crippen LogP) is 11.0. The summed E-state index contributed by atoms with van der Waals surface area (Å²) in [6.45, 7) is 19.1. The van der Waals surface area contributed by atoms with Gasteiger partial charge in [0, 0.05) is 11.8 Å². The van der Waals surface area contributed by atoms with E-state index in [1.54, 1.807) is 6.20 Å². The summed E-state index contributed by atoms with van der Waals surface area (Å²) in [5.41, 5.74) is 1.47. The summed E-state index contributed by atoms with van der Waals surface area (Å²) in [7, 11) is 0. The topological polar surface area (TPSA) is 121 Å². The minimum Gasteiger partial charge on any atom is -0.481 e. The molecule has 0 aromatic carbocycles. The molecule has 0 spiro atoms. The van der Waals surface area contributed by atoms with Gasteiger partial charge in [0.05, 0.1) is 11.6 Å². The number of hydrogen-bond donors (Lipinski definition) is 1. The van der Waals surface area contributed by atoms with E-state index < -0.39 is 11.4 Å². The molecule has 0 amide bonds. The van der Waals surface area contributed by atoms with E-state index >= 15 is 0 Å². The maximum absolute atomic E-state index is 13.4. The summed E-state index contributed by atoms with van der Waals surface area (Å²) >= 11 is 0. The minimum absolute atomic E-state index is 0.0175. The molecule has 4 fully saturated rings. The van der Waals surface area contributed by atoms with Crippen molar-refractivity contribution < 1.29 is 29.0 Å². The highest BCUT2D eigenvalue weighted by Gasteiger charge is 2.69. The molecule has 9 nitrogen and oxygen atoms in total. The molecule has 1 aromatic rings. The lowest BCUT2D eigenvalue weighted by atomic mass is 9.33. The molecule has 5 aliphatic rings. The molecule has 56 heavy (non-hydrogen) atoms. The van der Waals surface area contributed by atoms with Crippen LogP contribution in [0.15, 0.2) is 17.8 Å². The number of aromatic nitrogens is 3. The van der Waals surface area contributed by atoms with E-state index in [1.165, 1.54) is 48.8 Å². The number of aliphatic carboxylic acids is 1. The first kappa shape index (κ1) is 42.9. The van der Waals surface area contributed by atoms with Crippen LogP contribution in [0, 0.1) is 50.2 Å². The summed E-state index contributed by atoms with van der Waals surface area (Å²) in [5, 5.41) is 19.0. The zero-order valence-corrected chi connectivity index (χ0v) is 36.4. The van der Waals surface area contributed by atoms with Crippen LogP contribution in [0.1, 0.15) is 190 Å². The van der Waals surface area contributed by atoms with Crippen molar-refractivity contribution in [1.82, 2.24) is 15.0 Å². The molecular weight excluding hydrogens is 703 g/mol. The molecule has 0 saturated heterocycles. The number of carboxylic acids is 1. The van der Waals surface area contributed by atoms with Gasteiger partial charge in [-0.15, -0.1) is 5.10 Å². The van der Waals surface area contributed by atoms with Crippen molar-refractivity contribution in [2.24, 2.45) is 50.2 Å². The average molecular weight is 778 g/mol. The third kappa shape index (κ3) is 8.01. The number of nitrogens with zero attached hydrogens (tertiary/aromatic N) is 3. The molecule has 8 atom stereocenters. The molecule has 6 rings (SSSR count). The van der Waals surface area contributed by atoms with E-state index in [2.05, 4.69) is 71.8 Å². The Hall–Kier alpha value is -2.71. The molecule has 0 unspecified atom stereocenters. The van der Waals surface area contributed by atoms with Crippen LogP contribution in [0.25, 0.3) is 0 Å². The van der Waals surface area contributed by atoms with Gasteiger partial charge in [-0.2, -0.15) is 0 Å². The van der Waals surface area contributed by atoms with Gasteiger partial charge in [-0.05, 0) is 110 Å². The summed E-state index contributed by atoms with van der Waals surface area (Å²) < 4.78 is 13.2. The third-order valence-electron chi connectivity index (χ3n) is 17.0. The van der Waals surface area contributed by atoms with E-state index in [0.29, 0.717) is 24.0 Å². The maximum Gasteiger partial charge on any atom is 0.328 e. The molecule has 0 bridgehead atoms. The summed E-state index contributed by atoms with van der Waals surface area (Å²) in [5.74, 6) is -0.117. The summed E-state index contributed by atoms with van der Waals surface area (Å²) in [6, 6.07) is 0. The van der Waals surface area contributed by atoms with Crippen LogP contribution in [0.4, 0.5) is 0 Å². The lowest BCUT2D eigenvalue weighted by Gasteiger charge is -2.71. The number of hydrogen-bond acceptors (Lipinski definition) is 7. The number of rotatable bonds is 16. The van der Waals surface area contributed by atoms with Crippen LogP contribution in [-0.2, 0) is 37.0 Å². The van der Waals surface area contributed by atoms with Gasteiger partial charge in [0.2, 0.25) is 0 Å². The predicted molar refractivity (Wildman–Crippen MR) is 218 cm³/mol. The number of unbranched alkanes of at least 4 members (excludes halogenated alkanes) is 8. The normalized spacial score (nSPS) is 35.5. The Bertz CT molecular complexity index is 1610. The maximum atomic E-state index is 13.4. The molecule has 0 radical (unpaired) electrons. The highest BCUT2D eigenvalue weighted by Crippen LogP contribution is 2.75. The average Bonchev–Trinajstić information content (AvgIpc) is 3.58. The van der Waals surface area contributed by atoms with Crippen LogP contribution in [-0.4, -0.2) is 44.1 Å². The smallest absolute Gasteiger partial charge is 0.328 e. The first-order valence-electron chi connectivity index (χ1n) is 22.6. The zero-order chi connectivity index (χ0) is 40.6. The quantitative estimate of drug-likeness (QED) is 0.100. The number of fused-ring (bicyclic) bond motifs is 7. The van der Waals surface area contributed by atoms with Gasteiger partial charge >= 0.3 is 17.9 Å². The van der Waals surface area contributed by atoms with Gasteiger partial charge in [0.15, 0.2) is 0 Å². The second-order valence-corrected chi connectivity index (χ2v) is 21.2. The van der Waals surface area contributed by atoms with Crippen LogP contribution in [0.3, 0.4) is 0 Å². The third-order valence-corrected chi connectivity index (χ3v) is 17.0. The molecule has 4 saturated carbocycles. The van der Waals surface area contributed by atoms with Gasteiger partial charge in [-0.25, -0.2) is 4.68 Å². The zero-order valence-electron chi connectivity index (χ0n) is 36.4. The fourth-order valence-corrected chi connectivity index (χ4v) is 13.4. The Morgan fingerprint density at radius 2 is 1.50 bits per heavy atom. The van der Waals surface area contributed by atoms with Gasteiger partial charge in [-0.1, -0.05) is 124 Å². The fourth-order valence-electron chi connectivity index (χ4n) is 13.4. The van der Waals surface area contributed by atoms with Crippen molar-refractivity contribution in [3.05, 3.63) is 23.5 Å². The molecule has 1 heterocycles. The van der Waals surface area contributed by atoms with E-state index in [4.69, 9.17) is 9.47 Å². The highest BCUT2D eigenvalue weighted by molar-refractivity contribution is 5.76. The van der Waals surface area contributed by atoms with E-state index in [0.717, 1.165) is 83.5 Å². The Balaban J connectivity index is 1.03. The minimum atomic E-state index is -0.623. The van der Waals surface area contributed by atoms with E-state index in [9.17, 15) is 19.5 Å². The van der Waals surface area contributed by atoms with Crippen LogP contribution >= 0.6 is 0 Å². The second-order valence-electron chi connectivity index (χ2n) is 21.2. The molecule has 1 aromatic heterocycles. The Morgan fingerprint density at radius 1 is 0.821 bits per heavy atom. The summed E-state index contributed by atoms with van der Waals surface area (Å²) in [6.07, 6.45) is 24.7. The Morgan fingerprint density at radius 3 is 2.20 bits per heavy atom. The lowest BCUT2D eigenvalue weighted by molar-refractivity contribution is -0.214. The van der Waals surface area contributed by atoms with Crippen molar-refractivity contribution in [2.45, 2.75) is 203 Å². The molecular formula is C47H75N3O6.